The number of nitriles is 1. The molecular formula is C23H30N4O2S2. The van der Waals surface area contributed by atoms with Gasteiger partial charge in [-0.2, -0.15) is 5.26 Å². The van der Waals surface area contributed by atoms with E-state index in [1.807, 2.05) is 0 Å². The number of nitrogens with zero attached hydrogens (tertiary/aromatic N) is 3. The van der Waals surface area contributed by atoms with Crippen LogP contribution in [0.1, 0.15) is 75.2 Å². The van der Waals surface area contributed by atoms with Crippen molar-refractivity contribution in [3.63, 3.8) is 0 Å². The maximum atomic E-state index is 13.4. The van der Waals surface area contributed by atoms with Crippen molar-refractivity contribution in [2.75, 3.05) is 5.75 Å². The first-order valence-electron chi connectivity index (χ1n) is 11.5. The topological polar surface area (TPSA) is 87.8 Å². The van der Waals surface area contributed by atoms with E-state index in [1.54, 1.807) is 15.9 Å². The minimum Gasteiger partial charge on any atom is -0.337 e. The third-order valence-corrected chi connectivity index (χ3v) is 8.57. The highest BCUT2D eigenvalue weighted by Crippen LogP contribution is 2.36. The summed E-state index contributed by atoms with van der Waals surface area (Å²) in [6.07, 6.45) is 10.8. The van der Waals surface area contributed by atoms with Crippen LogP contribution in [-0.4, -0.2) is 26.8 Å². The molecule has 0 atom stereocenters. The number of thioether (sulfide) groups is 1. The van der Waals surface area contributed by atoms with E-state index >= 15 is 0 Å². The zero-order chi connectivity index (χ0) is 21.8. The molecule has 4 rings (SSSR count). The quantitative estimate of drug-likeness (QED) is 0.338. The van der Waals surface area contributed by atoms with Crippen molar-refractivity contribution in [3.05, 3.63) is 20.8 Å². The molecule has 0 aromatic carbocycles. The lowest BCUT2D eigenvalue weighted by Crippen LogP contribution is -2.45. The molecule has 31 heavy (non-hydrogen) atoms. The molecule has 1 saturated carbocycles. The fraction of sp³-hybridized carbons (Fsp3) is 0.652. The van der Waals surface area contributed by atoms with E-state index in [2.05, 4.69) is 18.3 Å². The molecule has 1 amide bonds. The first kappa shape index (κ1) is 22.3. The number of amides is 1. The summed E-state index contributed by atoms with van der Waals surface area (Å²) in [7, 11) is 0. The molecular weight excluding hydrogens is 428 g/mol. The van der Waals surface area contributed by atoms with Crippen molar-refractivity contribution in [2.24, 2.45) is 0 Å². The van der Waals surface area contributed by atoms with Crippen LogP contribution >= 0.6 is 23.1 Å². The van der Waals surface area contributed by atoms with Gasteiger partial charge >= 0.3 is 0 Å². The lowest BCUT2D eigenvalue weighted by molar-refractivity contribution is -0.119. The Labute approximate surface area is 191 Å². The molecule has 6 nitrogen and oxygen atoms in total. The van der Waals surface area contributed by atoms with Gasteiger partial charge in [0.25, 0.3) is 5.56 Å². The summed E-state index contributed by atoms with van der Waals surface area (Å²) in [6, 6.07) is 2.30. The Bertz CT molecular complexity index is 1060. The molecule has 2 aliphatic carbocycles. The van der Waals surface area contributed by atoms with Crippen molar-refractivity contribution < 1.29 is 4.79 Å². The summed E-state index contributed by atoms with van der Waals surface area (Å²) in [5, 5.41) is 13.9. The second kappa shape index (κ2) is 9.74. The normalized spacial score (nSPS) is 17.0. The summed E-state index contributed by atoms with van der Waals surface area (Å²) in [6.45, 7) is 2.81. The zero-order valence-corrected chi connectivity index (χ0v) is 19.8. The number of hydrogen-bond donors (Lipinski definition) is 1. The van der Waals surface area contributed by atoms with Crippen LogP contribution in [0.25, 0.3) is 10.2 Å². The average Bonchev–Trinajstić information content (AvgIpc) is 3.47. The van der Waals surface area contributed by atoms with Crippen molar-refractivity contribution in [3.8, 4) is 6.07 Å². The highest BCUT2D eigenvalue weighted by atomic mass is 32.2. The van der Waals surface area contributed by atoms with E-state index in [9.17, 15) is 14.9 Å². The molecule has 8 heteroatoms. The van der Waals surface area contributed by atoms with Gasteiger partial charge in [-0.25, -0.2) is 4.98 Å². The van der Waals surface area contributed by atoms with Gasteiger partial charge in [0.05, 0.1) is 17.2 Å². The average molecular weight is 459 g/mol. The third kappa shape index (κ3) is 4.68. The first-order chi connectivity index (χ1) is 15.1. The highest BCUT2D eigenvalue weighted by molar-refractivity contribution is 7.99. The van der Waals surface area contributed by atoms with E-state index in [0.29, 0.717) is 24.5 Å². The Hall–Kier alpha value is -1.85. The molecule has 2 aromatic rings. The van der Waals surface area contributed by atoms with Gasteiger partial charge in [-0.1, -0.05) is 37.9 Å². The number of carbonyl (C=O) groups is 1. The lowest BCUT2D eigenvalue weighted by atomic mass is 10.0. The van der Waals surface area contributed by atoms with E-state index < -0.39 is 5.54 Å². The number of hydrogen-bond acceptors (Lipinski definition) is 6. The highest BCUT2D eigenvalue weighted by Gasteiger charge is 2.35. The Morgan fingerprint density at radius 3 is 2.81 bits per heavy atom. The number of rotatable bonds is 9. The molecule has 2 aromatic heterocycles. The van der Waals surface area contributed by atoms with E-state index in [0.717, 1.165) is 68.0 Å². The summed E-state index contributed by atoms with van der Waals surface area (Å²) in [5.41, 5.74) is 0.531. The van der Waals surface area contributed by atoms with Crippen molar-refractivity contribution >= 4 is 39.2 Å². The minimum absolute atomic E-state index is 0.0492. The fourth-order valence-corrected chi connectivity index (χ4v) is 6.87. The first-order valence-corrected chi connectivity index (χ1v) is 13.3. The van der Waals surface area contributed by atoms with Crippen LogP contribution in [0.2, 0.25) is 0 Å². The van der Waals surface area contributed by atoms with Gasteiger partial charge in [0, 0.05) is 11.4 Å². The molecule has 0 saturated heterocycles. The van der Waals surface area contributed by atoms with Crippen LogP contribution in [0, 0.1) is 11.3 Å². The van der Waals surface area contributed by atoms with Crippen molar-refractivity contribution in [1.82, 2.24) is 14.9 Å². The molecule has 1 fully saturated rings. The molecule has 2 aliphatic rings. The van der Waals surface area contributed by atoms with Gasteiger partial charge in [-0.3, -0.25) is 14.2 Å². The Balaban J connectivity index is 1.56. The van der Waals surface area contributed by atoms with Crippen LogP contribution in [0.4, 0.5) is 0 Å². The van der Waals surface area contributed by atoms with Crippen LogP contribution < -0.4 is 10.9 Å². The van der Waals surface area contributed by atoms with E-state index in [4.69, 9.17) is 4.98 Å². The van der Waals surface area contributed by atoms with Gasteiger partial charge < -0.3 is 5.32 Å². The molecule has 0 aliphatic heterocycles. The summed E-state index contributed by atoms with van der Waals surface area (Å²) >= 11 is 2.96. The number of aromatic nitrogens is 2. The summed E-state index contributed by atoms with van der Waals surface area (Å²) < 4.78 is 1.79. The molecule has 166 valence electrons. The predicted octanol–water partition coefficient (Wildman–Crippen LogP) is 4.57. The zero-order valence-electron chi connectivity index (χ0n) is 18.2. The lowest BCUT2D eigenvalue weighted by Gasteiger charge is -2.22. The number of nitrogens with one attached hydrogen (secondary N) is 1. The molecule has 0 bridgehead atoms. The largest absolute Gasteiger partial charge is 0.337 e. The number of fused-ring (bicyclic) bond motifs is 3. The Morgan fingerprint density at radius 1 is 1.26 bits per heavy atom. The minimum atomic E-state index is -0.719. The second-order valence-corrected chi connectivity index (χ2v) is 10.7. The van der Waals surface area contributed by atoms with Gasteiger partial charge in [-0.05, 0) is 56.9 Å². The van der Waals surface area contributed by atoms with Crippen molar-refractivity contribution in [1.29, 1.82) is 5.26 Å². The Morgan fingerprint density at radius 2 is 2.06 bits per heavy atom. The monoisotopic (exact) mass is 458 g/mol. The van der Waals surface area contributed by atoms with Crippen molar-refractivity contribution in [2.45, 2.75) is 94.8 Å². The maximum absolute atomic E-state index is 13.4. The predicted molar refractivity (Wildman–Crippen MR) is 126 cm³/mol. The fourth-order valence-electron chi connectivity index (χ4n) is 4.74. The van der Waals surface area contributed by atoms with Crippen LogP contribution in [0.5, 0.6) is 0 Å². The standard InChI is InChI=1S/C23H30N4O2S2/c1-2-3-4-7-13-27-21(29)19-16-9-8-10-17(16)31-20(19)25-22(27)30-14-18(28)26-23(15-24)11-5-6-12-23/h2-14H2,1H3,(H,26,28). The van der Waals surface area contributed by atoms with Crippen LogP contribution in [-0.2, 0) is 24.2 Å². The number of carbonyl (C=O) groups excluding carboxylic acids is 1. The molecule has 0 spiro atoms. The van der Waals surface area contributed by atoms with Gasteiger partial charge in [0.15, 0.2) is 5.16 Å². The Kier molecular flexibility index (Phi) is 7.02. The van der Waals surface area contributed by atoms with Gasteiger partial charge in [-0.15, -0.1) is 11.3 Å². The second-order valence-electron chi connectivity index (χ2n) is 8.69. The maximum Gasteiger partial charge on any atom is 0.263 e. The summed E-state index contributed by atoms with van der Waals surface area (Å²) in [5.74, 6) is 0.00975. The molecule has 0 radical (unpaired) electrons. The van der Waals surface area contributed by atoms with E-state index in [1.165, 1.54) is 22.2 Å². The van der Waals surface area contributed by atoms with Gasteiger partial charge in [0.1, 0.15) is 10.4 Å². The molecule has 1 N–H and O–H groups in total. The number of thiophene rings is 1. The van der Waals surface area contributed by atoms with Crippen LogP contribution in [0.15, 0.2) is 9.95 Å². The molecule has 0 unspecified atom stereocenters. The van der Waals surface area contributed by atoms with Crippen LogP contribution in [0.3, 0.4) is 0 Å². The SMILES string of the molecule is CCCCCCn1c(SCC(=O)NC2(C#N)CCCC2)nc2sc3c(c2c1=O)CCC3. The van der Waals surface area contributed by atoms with E-state index in [-0.39, 0.29) is 17.2 Å². The summed E-state index contributed by atoms with van der Waals surface area (Å²) in [4.78, 5) is 33.0. The van der Waals surface area contributed by atoms with Gasteiger partial charge in [0.2, 0.25) is 5.91 Å². The smallest absolute Gasteiger partial charge is 0.263 e. The third-order valence-electron chi connectivity index (χ3n) is 6.41. The molecule has 2 heterocycles. The number of unbranched alkanes of at least 4 members (excludes halogenated alkanes) is 3. The number of aryl methyl sites for hydroxylation is 2.